The Hall–Kier alpha value is -3.20. The molecule has 3 rings (SSSR count). The molecule has 0 aliphatic heterocycles. The van der Waals surface area contributed by atoms with E-state index in [1.54, 1.807) is 12.4 Å². The molecule has 27 heavy (non-hydrogen) atoms. The van der Waals surface area contributed by atoms with Crippen molar-refractivity contribution < 1.29 is 49.1 Å². The number of benzene rings is 1. The summed E-state index contributed by atoms with van der Waals surface area (Å²) in [5, 5.41) is 31.8. The summed E-state index contributed by atoms with van der Waals surface area (Å²) in [6.07, 6.45) is 3.60. The molecule has 0 unspecified atom stereocenters. The van der Waals surface area contributed by atoms with Crippen molar-refractivity contribution in [1.29, 1.82) is 0 Å². The molecule has 0 fully saturated rings. The fourth-order valence-corrected chi connectivity index (χ4v) is 1.68. The van der Waals surface area contributed by atoms with Gasteiger partial charge in [0, 0.05) is 23.2 Å². The first kappa shape index (κ1) is 35.0. The summed E-state index contributed by atoms with van der Waals surface area (Å²) in [7, 11) is 0. The van der Waals surface area contributed by atoms with Gasteiger partial charge in [-0.1, -0.05) is 24.3 Å². The average molecular weight is 435 g/mol. The van der Waals surface area contributed by atoms with Crippen LogP contribution in [0, 0.1) is 30.6 Å². The average Bonchev–Trinajstić information content (AvgIpc) is 2.46. The van der Waals surface area contributed by atoms with Crippen LogP contribution in [-0.4, -0.2) is 20.1 Å². The maximum atomic E-state index is 8.25. The van der Waals surface area contributed by atoms with Gasteiger partial charge in [0.25, 0.3) is 0 Å². The van der Waals surface area contributed by atoms with Crippen LogP contribution in [0.25, 0.3) is 21.8 Å². The Morgan fingerprint density at radius 1 is 0.630 bits per heavy atom. The number of hydrogen-bond acceptors (Lipinski definition) is 8. The summed E-state index contributed by atoms with van der Waals surface area (Å²) >= 11 is 0. The zero-order valence-electron chi connectivity index (χ0n) is 13.5. The van der Waals surface area contributed by atoms with E-state index in [2.05, 4.69) is 34.2 Å². The summed E-state index contributed by atoms with van der Waals surface area (Å²) < 4.78 is 0. The molecule has 0 saturated heterocycles. The van der Waals surface area contributed by atoms with E-state index in [1.807, 2.05) is 12.1 Å². The van der Waals surface area contributed by atoms with Gasteiger partial charge in [0.2, 0.25) is 0 Å². The van der Waals surface area contributed by atoms with Crippen molar-refractivity contribution in [2.45, 2.75) is 0 Å². The Bertz CT molecular complexity index is 732. The van der Waals surface area contributed by atoms with E-state index >= 15 is 0 Å². The van der Waals surface area contributed by atoms with E-state index in [9.17, 15) is 0 Å². The van der Waals surface area contributed by atoms with Crippen molar-refractivity contribution in [2.24, 2.45) is 0 Å². The van der Waals surface area contributed by atoms with Crippen LogP contribution in [0.5, 0.6) is 0 Å². The number of pyridine rings is 2. The van der Waals surface area contributed by atoms with Crippen molar-refractivity contribution in [3.8, 4) is 0 Å². The van der Waals surface area contributed by atoms with E-state index in [0.717, 1.165) is 21.8 Å². The van der Waals surface area contributed by atoms with Gasteiger partial charge in [0.1, 0.15) is 0 Å². The van der Waals surface area contributed by atoms with Crippen LogP contribution in [0.4, 0.5) is 0 Å². The second-order valence-corrected chi connectivity index (χ2v) is 3.66. The van der Waals surface area contributed by atoms with Crippen LogP contribution in [0.15, 0.2) is 48.8 Å². The molecule has 14 nitrogen and oxygen atoms in total. The van der Waals surface area contributed by atoms with Gasteiger partial charge in [-0.05, 0) is 12.1 Å². The molecular formula is C12H20MnN4O10+4. The van der Waals surface area contributed by atoms with Gasteiger partial charge in [-0.15, -0.1) is 0 Å². The molecule has 3 aromatic rings. The molecule has 0 amide bonds. The number of nitrogens with zero attached hydrogens (tertiary/aromatic N) is 4. The first-order valence-electron chi connectivity index (χ1n) is 5.63. The first-order valence-corrected chi connectivity index (χ1v) is 5.63. The van der Waals surface area contributed by atoms with Gasteiger partial charge >= 0.3 is 17.1 Å². The molecule has 151 valence electrons. The molecular weight excluding hydrogens is 415 g/mol. The second-order valence-electron chi connectivity index (χ2n) is 3.66. The predicted octanol–water partition coefficient (Wildman–Crippen LogP) is -1.39. The molecule has 2 aromatic heterocycles. The van der Waals surface area contributed by atoms with Crippen LogP contribution in [0.2, 0.25) is 0 Å². The minimum atomic E-state index is -1.75. The minimum absolute atomic E-state index is 0. The third kappa shape index (κ3) is 12.8. The van der Waals surface area contributed by atoms with Gasteiger partial charge < -0.3 is 52.5 Å². The topological polar surface area (TPSA) is 290 Å². The van der Waals surface area contributed by atoms with Gasteiger partial charge in [0.05, 0.1) is 21.2 Å². The van der Waals surface area contributed by atoms with Gasteiger partial charge in [0.15, 0.2) is 0 Å². The van der Waals surface area contributed by atoms with Gasteiger partial charge in [-0.25, -0.2) is 0 Å². The van der Waals surface area contributed by atoms with E-state index in [1.165, 1.54) is 0 Å². The molecule has 0 bridgehead atoms. The molecule has 1 aromatic carbocycles. The number of rotatable bonds is 0. The van der Waals surface area contributed by atoms with Gasteiger partial charge in [-0.3, -0.25) is 9.97 Å². The second kappa shape index (κ2) is 17.6. The van der Waals surface area contributed by atoms with E-state index in [-0.39, 0.29) is 39.0 Å². The quantitative estimate of drug-likeness (QED) is 0.133. The van der Waals surface area contributed by atoms with Crippen molar-refractivity contribution in [3.63, 3.8) is 0 Å². The summed E-state index contributed by atoms with van der Waals surface area (Å²) in [6.45, 7) is 0. The zero-order valence-corrected chi connectivity index (χ0v) is 14.7. The summed E-state index contributed by atoms with van der Waals surface area (Å²) in [6, 6.07) is 12.1. The smallest absolute Gasteiger partial charge is 0.457 e. The predicted molar refractivity (Wildman–Crippen MR) is 97.3 cm³/mol. The molecule has 0 aliphatic carbocycles. The summed E-state index contributed by atoms with van der Waals surface area (Å²) in [5.41, 5.74) is 1.95. The first-order chi connectivity index (χ1) is 10.4. The Labute approximate surface area is 161 Å². The number of aromatic nitrogens is 2. The van der Waals surface area contributed by atoms with Crippen LogP contribution >= 0.6 is 0 Å². The minimum Gasteiger partial charge on any atom is -0.457 e. The Morgan fingerprint density at radius 2 is 0.889 bits per heavy atom. The maximum Gasteiger partial charge on any atom is 2.00 e. The molecule has 2 heterocycles. The van der Waals surface area contributed by atoms with Crippen molar-refractivity contribution >= 4 is 21.8 Å². The Morgan fingerprint density at radius 3 is 1.15 bits per heavy atom. The molecule has 0 saturated carbocycles. The normalized spacial score (nSPS) is 7.41. The third-order valence-corrected chi connectivity index (χ3v) is 2.34. The van der Waals surface area contributed by atoms with Crippen LogP contribution in [0.1, 0.15) is 0 Å². The molecule has 0 atom stereocenters. The van der Waals surface area contributed by atoms with Crippen molar-refractivity contribution in [2.75, 3.05) is 0 Å². The number of hydrogen-bond donors (Lipinski definition) is 0. The summed E-state index contributed by atoms with van der Waals surface area (Å²) in [4.78, 5) is 25.2. The molecule has 15 heteroatoms. The SMILES string of the molecule is O=[N+]([O-])[O-].O=[N+]([O-])[O-].[Mn+2].[OH3+].[OH3+].[OH3+].[OH3+].c1cnc2c(c1)ccc1cccnc12. The van der Waals surface area contributed by atoms with Crippen molar-refractivity contribution in [1.82, 2.24) is 9.97 Å². The largest absolute Gasteiger partial charge is 2.00 e. The van der Waals surface area contributed by atoms with E-state index < -0.39 is 10.2 Å². The standard InChI is InChI=1S/C12H8N2.Mn.2NO3.4H2O/c1-3-9-5-6-10-4-2-8-14-12(10)11(9)13-7-1;;2*2-1(3)4;;;;/h1-8H;;;;4*1H2/q;+2;2*-1;;;;/p+4. The fraction of sp³-hybridized carbons (Fsp3) is 0. The monoisotopic (exact) mass is 435 g/mol. The molecule has 0 aliphatic rings. The Kier molecular flexibility index (Phi) is 22.8. The van der Waals surface area contributed by atoms with Crippen LogP contribution in [0.3, 0.4) is 0 Å². The fourth-order valence-electron chi connectivity index (χ4n) is 1.68. The zero-order chi connectivity index (χ0) is 16.5. The van der Waals surface area contributed by atoms with Crippen LogP contribution in [-0.2, 0) is 39.0 Å². The third-order valence-electron chi connectivity index (χ3n) is 2.34. The van der Waals surface area contributed by atoms with Crippen molar-refractivity contribution in [3.05, 3.63) is 79.4 Å². The van der Waals surface area contributed by atoms with Gasteiger partial charge in [-0.2, -0.15) is 0 Å². The van der Waals surface area contributed by atoms with E-state index in [0.29, 0.717) is 0 Å². The Balaban J connectivity index is -0.000000109. The number of fused-ring (bicyclic) bond motifs is 3. The van der Waals surface area contributed by atoms with Crippen LogP contribution < -0.4 is 0 Å². The summed E-state index contributed by atoms with van der Waals surface area (Å²) in [5.74, 6) is 0. The molecule has 1 radical (unpaired) electrons. The van der Waals surface area contributed by atoms with E-state index in [4.69, 9.17) is 30.6 Å². The maximum absolute atomic E-state index is 8.25. The molecule has 0 spiro atoms. The molecule has 12 N–H and O–H groups in total.